The van der Waals surface area contributed by atoms with Crippen molar-refractivity contribution >= 4 is 39.9 Å². The van der Waals surface area contributed by atoms with E-state index >= 15 is 0 Å². The number of ether oxygens (including phenoxy) is 1. The molecule has 6 rings (SSSR count). The number of benzene rings is 2. The quantitative estimate of drug-likeness (QED) is 0.265. The summed E-state index contributed by atoms with van der Waals surface area (Å²) >= 11 is 1.54. The van der Waals surface area contributed by atoms with Crippen LogP contribution in [0, 0.1) is 6.92 Å². The van der Waals surface area contributed by atoms with Gasteiger partial charge in [0, 0.05) is 12.2 Å². The Kier molecular flexibility index (Phi) is 6.25. The van der Waals surface area contributed by atoms with Gasteiger partial charge in [-0.15, -0.1) is 11.3 Å². The van der Waals surface area contributed by atoms with Gasteiger partial charge in [-0.2, -0.15) is 5.10 Å². The molecular weight excluding hydrogens is 496 g/mol. The molecule has 0 saturated carbocycles. The van der Waals surface area contributed by atoms with Crippen LogP contribution < -0.4 is 4.90 Å². The van der Waals surface area contributed by atoms with Crippen LogP contribution in [0.5, 0.6) is 0 Å². The Hall–Kier alpha value is -4.30. The zero-order valence-electron chi connectivity index (χ0n) is 21.1. The van der Waals surface area contributed by atoms with E-state index in [9.17, 15) is 9.59 Å². The van der Waals surface area contributed by atoms with Crippen molar-refractivity contribution in [3.63, 3.8) is 0 Å². The lowest BCUT2D eigenvalue weighted by Gasteiger charge is -2.31. The number of para-hydroxylation sites is 2. The van der Waals surface area contributed by atoms with Gasteiger partial charge >= 0.3 is 5.97 Å². The second kappa shape index (κ2) is 9.87. The molecule has 3 aromatic heterocycles. The fraction of sp³-hybridized carbons (Fsp3) is 0.200. The third-order valence-corrected chi connectivity index (χ3v) is 7.71. The number of hydrogen-bond acceptors (Lipinski definition) is 6. The molecule has 0 saturated heterocycles. The zero-order valence-corrected chi connectivity index (χ0v) is 21.9. The van der Waals surface area contributed by atoms with Gasteiger partial charge in [-0.3, -0.25) is 4.79 Å². The van der Waals surface area contributed by atoms with E-state index in [0.29, 0.717) is 34.5 Å². The molecule has 4 heterocycles. The molecule has 1 atom stereocenters. The maximum atomic E-state index is 13.7. The topological polar surface area (TPSA) is 77.3 Å². The number of rotatable bonds is 5. The number of nitrogens with zero attached hydrogens (tertiary/aromatic N) is 4. The van der Waals surface area contributed by atoms with Crippen LogP contribution in [0.1, 0.15) is 35.0 Å². The second-order valence-electron chi connectivity index (χ2n) is 9.33. The average molecular weight is 523 g/mol. The first-order valence-corrected chi connectivity index (χ1v) is 13.5. The highest BCUT2D eigenvalue weighted by atomic mass is 32.1. The molecule has 0 unspecified atom stereocenters. The van der Waals surface area contributed by atoms with Crippen LogP contribution in [-0.2, 0) is 16.0 Å². The summed E-state index contributed by atoms with van der Waals surface area (Å²) in [6.07, 6.45) is 0.849. The summed E-state index contributed by atoms with van der Waals surface area (Å²) in [5.41, 5.74) is 5.08. The van der Waals surface area contributed by atoms with Gasteiger partial charge in [0.1, 0.15) is 0 Å². The fourth-order valence-corrected chi connectivity index (χ4v) is 5.69. The Balaban J connectivity index is 1.38. The lowest BCUT2D eigenvalue weighted by molar-refractivity contribution is -0.126. The maximum Gasteiger partial charge on any atom is 0.339 e. The van der Waals surface area contributed by atoms with Crippen molar-refractivity contribution < 1.29 is 14.3 Å². The van der Waals surface area contributed by atoms with Crippen LogP contribution in [0.25, 0.3) is 27.3 Å². The molecule has 1 amide bonds. The van der Waals surface area contributed by atoms with Crippen molar-refractivity contribution in [2.24, 2.45) is 0 Å². The lowest BCUT2D eigenvalue weighted by atomic mass is 10.0. The highest BCUT2D eigenvalue weighted by molar-refractivity contribution is 7.13. The normalized spacial score (nSPS) is 13.8. The van der Waals surface area contributed by atoms with E-state index in [1.165, 1.54) is 11.3 Å². The lowest BCUT2D eigenvalue weighted by Crippen LogP contribution is -2.42. The van der Waals surface area contributed by atoms with Crippen molar-refractivity contribution in [3.8, 4) is 16.3 Å². The predicted octanol–water partition coefficient (Wildman–Crippen LogP) is 5.98. The Bertz CT molecular complexity index is 1640. The molecule has 7 nitrogen and oxygen atoms in total. The molecule has 1 aliphatic rings. The Morgan fingerprint density at radius 2 is 1.82 bits per heavy atom. The second-order valence-corrected chi connectivity index (χ2v) is 10.3. The highest BCUT2D eigenvalue weighted by Gasteiger charge is 2.30. The minimum Gasteiger partial charge on any atom is -0.449 e. The summed E-state index contributed by atoms with van der Waals surface area (Å²) in [5.74, 6) is -0.803. The third-order valence-electron chi connectivity index (χ3n) is 6.81. The van der Waals surface area contributed by atoms with Crippen LogP contribution in [0.3, 0.4) is 0 Å². The molecule has 0 fully saturated rings. The summed E-state index contributed by atoms with van der Waals surface area (Å²) in [6, 6.07) is 23.2. The first kappa shape index (κ1) is 24.1. The van der Waals surface area contributed by atoms with Gasteiger partial charge in [0.15, 0.2) is 11.8 Å². The number of aromatic nitrogens is 3. The predicted molar refractivity (Wildman–Crippen MR) is 149 cm³/mol. The number of pyridine rings is 1. The molecule has 2 aromatic carbocycles. The average Bonchev–Trinajstić information content (AvgIpc) is 3.61. The Morgan fingerprint density at radius 1 is 1.03 bits per heavy atom. The van der Waals surface area contributed by atoms with Crippen molar-refractivity contribution in [1.29, 1.82) is 0 Å². The van der Waals surface area contributed by atoms with E-state index in [4.69, 9.17) is 14.8 Å². The van der Waals surface area contributed by atoms with E-state index in [2.05, 4.69) is 0 Å². The van der Waals surface area contributed by atoms with Crippen molar-refractivity contribution in [2.45, 2.75) is 32.8 Å². The molecule has 1 aliphatic heterocycles. The summed E-state index contributed by atoms with van der Waals surface area (Å²) in [5, 5.41) is 7.29. The number of carbonyl (C=O) groups excluding carboxylic acids is 2. The molecule has 0 aliphatic carbocycles. The molecule has 190 valence electrons. The largest absolute Gasteiger partial charge is 0.449 e. The van der Waals surface area contributed by atoms with Crippen molar-refractivity contribution in [3.05, 3.63) is 95.0 Å². The van der Waals surface area contributed by atoms with Crippen LogP contribution in [0.2, 0.25) is 0 Å². The summed E-state index contributed by atoms with van der Waals surface area (Å²) in [7, 11) is 0. The first-order valence-electron chi connectivity index (χ1n) is 12.6. The molecule has 5 aromatic rings. The van der Waals surface area contributed by atoms with Gasteiger partial charge in [-0.1, -0.05) is 42.5 Å². The van der Waals surface area contributed by atoms with E-state index in [-0.39, 0.29) is 5.91 Å². The van der Waals surface area contributed by atoms with Gasteiger partial charge in [-0.05, 0) is 68.0 Å². The molecule has 0 N–H and O–H groups in total. The van der Waals surface area contributed by atoms with Gasteiger partial charge in [0.05, 0.1) is 32.9 Å². The van der Waals surface area contributed by atoms with E-state index in [1.54, 1.807) is 22.6 Å². The number of amides is 1. The maximum absolute atomic E-state index is 13.7. The van der Waals surface area contributed by atoms with Gasteiger partial charge < -0.3 is 9.64 Å². The number of fused-ring (bicyclic) bond motifs is 2. The number of thiophene rings is 1. The molecule has 8 heteroatoms. The molecule has 0 spiro atoms. The zero-order chi connectivity index (χ0) is 26.2. The minimum absolute atomic E-state index is 0.231. The van der Waals surface area contributed by atoms with Gasteiger partial charge in [0.2, 0.25) is 0 Å². The van der Waals surface area contributed by atoms with E-state index in [0.717, 1.165) is 34.7 Å². The molecular formula is C30H26N4O3S. The number of aryl methyl sites for hydroxylation is 2. The molecule has 0 bridgehead atoms. The summed E-state index contributed by atoms with van der Waals surface area (Å²) in [4.78, 5) is 34.6. The SMILES string of the molecule is Cc1nn(-c2ccccc2)c2nc(-c3cccs3)cc(C(=O)O[C@H](C)C(=O)N3CCCc4ccccc43)c12. The third kappa shape index (κ3) is 4.26. The summed E-state index contributed by atoms with van der Waals surface area (Å²) < 4.78 is 7.57. The van der Waals surface area contributed by atoms with Gasteiger partial charge in [-0.25, -0.2) is 14.5 Å². The van der Waals surface area contributed by atoms with Crippen molar-refractivity contribution in [2.75, 3.05) is 11.4 Å². The Morgan fingerprint density at radius 3 is 2.61 bits per heavy atom. The van der Waals surface area contributed by atoms with Crippen LogP contribution >= 0.6 is 11.3 Å². The first-order chi connectivity index (χ1) is 18.5. The number of carbonyl (C=O) groups is 2. The number of anilines is 1. The minimum atomic E-state index is -0.952. The fourth-order valence-electron chi connectivity index (χ4n) is 5.01. The standard InChI is InChI=1S/C30H26N4O3S/c1-19-27-23(30(36)37-20(2)29(35)33-16-8-11-21-10-6-7-14-25(21)33)18-24(26-15-9-17-38-26)31-28(27)34(32-19)22-12-4-3-5-13-22/h3-7,9-10,12-15,17-18,20H,8,11,16H2,1-2H3/t20-/m1/s1. The van der Waals surface area contributed by atoms with Crippen LogP contribution in [-0.4, -0.2) is 39.3 Å². The van der Waals surface area contributed by atoms with Crippen LogP contribution in [0.15, 0.2) is 78.2 Å². The molecule has 38 heavy (non-hydrogen) atoms. The van der Waals surface area contributed by atoms with E-state index < -0.39 is 12.1 Å². The van der Waals surface area contributed by atoms with Crippen molar-refractivity contribution in [1.82, 2.24) is 14.8 Å². The monoisotopic (exact) mass is 522 g/mol. The smallest absolute Gasteiger partial charge is 0.339 e. The number of esters is 1. The van der Waals surface area contributed by atoms with Crippen LogP contribution in [0.4, 0.5) is 5.69 Å². The Labute approximate surface area is 224 Å². The number of hydrogen-bond donors (Lipinski definition) is 0. The summed E-state index contributed by atoms with van der Waals surface area (Å²) in [6.45, 7) is 4.09. The highest BCUT2D eigenvalue weighted by Crippen LogP contribution is 2.32. The van der Waals surface area contributed by atoms with Gasteiger partial charge in [0.25, 0.3) is 5.91 Å². The van der Waals surface area contributed by atoms with E-state index in [1.807, 2.05) is 79.0 Å². The molecule has 0 radical (unpaired) electrons.